The summed E-state index contributed by atoms with van der Waals surface area (Å²) in [5.41, 5.74) is 0. The number of allylic oxidation sites excluding steroid dienone is 4. The van der Waals surface area contributed by atoms with Crippen LogP contribution < -0.4 is 0 Å². The van der Waals surface area contributed by atoms with Gasteiger partial charge in [-0.15, -0.1) is 0 Å². The summed E-state index contributed by atoms with van der Waals surface area (Å²) in [6.07, 6.45) is 18.3. The Labute approximate surface area is 141 Å². The van der Waals surface area contributed by atoms with E-state index in [2.05, 4.69) is 31.2 Å². The van der Waals surface area contributed by atoms with Crippen molar-refractivity contribution in [2.75, 3.05) is 13.2 Å². The van der Waals surface area contributed by atoms with E-state index in [1.807, 2.05) is 0 Å². The highest BCUT2D eigenvalue weighted by Gasteiger charge is 2.07. The van der Waals surface area contributed by atoms with E-state index >= 15 is 0 Å². The van der Waals surface area contributed by atoms with Crippen LogP contribution in [0.3, 0.4) is 0 Å². The summed E-state index contributed by atoms with van der Waals surface area (Å²) >= 11 is 0. The first-order chi connectivity index (χ1) is 11.2. The van der Waals surface area contributed by atoms with Crippen molar-refractivity contribution >= 4 is 5.97 Å². The third-order valence-electron chi connectivity index (χ3n) is 3.49. The SMILES string of the molecule is CCC=CCC=CCCCCCCCCC(=O)OCC(O)CO. The summed E-state index contributed by atoms with van der Waals surface area (Å²) < 4.78 is 4.84. The van der Waals surface area contributed by atoms with Gasteiger partial charge in [-0.1, -0.05) is 56.9 Å². The second-order valence-corrected chi connectivity index (χ2v) is 5.77. The molecule has 0 spiro atoms. The number of aliphatic hydroxyl groups excluding tert-OH is 2. The highest BCUT2D eigenvalue weighted by atomic mass is 16.5. The van der Waals surface area contributed by atoms with E-state index in [9.17, 15) is 4.79 Å². The van der Waals surface area contributed by atoms with Crippen LogP contribution in [0.5, 0.6) is 0 Å². The van der Waals surface area contributed by atoms with Gasteiger partial charge >= 0.3 is 5.97 Å². The van der Waals surface area contributed by atoms with Crippen molar-refractivity contribution < 1.29 is 19.7 Å². The molecule has 0 aromatic carbocycles. The van der Waals surface area contributed by atoms with E-state index in [4.69, 9.17) is 14.9 Å². The van der Waals surface area contributed by atoms with Gasteiger partial charge in [0.25, 0.3) is 0 Å². The monoisotopic (exact) mass is 326 g/mol. The van der Waals surface area contributed by atoms with Crippen molar-refractivity contribution in [3.8, 4) is 0 Å². The molecule has 0 fully saturated rings. The van der Waals surface area contributed by atoms with Gasteiger partial charge in [-0.05, 0) is 32.1 Å². The van der Waals surface area contributed by atoms with Gasteiger partial charge in [0.15, 0.2) is 0 Å². The number of aliphatic hydroxyl groups is 2. The summed E-state index contributed by atoms with van der Waals surface area (Å²) in [6.45, 7) is 1.65. The van der Waals surface area contributed by atoms with Crippen molar-refractivity contribution in [1.82, 2.24) is 0 Å². The van der Waals surface area contributed by atoms with Gasteiger partial charge in [-0.25, -0.2) is 0 Å². The Morgan fingerprint density at radius 1 is 1.00 bits per heavy atom. The zero-order valence-corrected chi connectivity index (χ0v) is 14.6. The maximum Gasteiger partial charge on any atom is 0.305 e. The number of carbonyl (C=O) groups is 1. The number of rotatable bonds is 15. The molecular weight excluding hydrogens is 292 g/mol. The maximum absolute atomic E-state index is 11.3. The van der Waals surface area contributed by atoms with Crippen LogP contribution in [-0.4, -0.2) is 35.5 Å². The van der Waals surface area contributed by atoms with Gasteiger partial charge < -0.3 is 14.9 Å². The molecule has 0 radical (unpaired) electrons. The first-order valence-electron chi connectivity index (χ1n) is 8.95. The van der Waals surface area contributed by atoms with Crippen LogP contribution >= 0.6 is 0 Å². The molecule has 0 aliphatic carbocycles. The number of unbranched alkanes of at least 4 members (excludes halogenated alkanes) is 6. The van der Waals surface area contributed by atoms with Crippen LogP contribution in [0.25, 0.3) is 0 Å². The first-order valence-corrected chi connectivity index (χ1v) is 8.95. The van der Waals surface area contributed by atoms with Gasteiger partial charge in [0.05, 0.1) is 6.61 Å². The van der Waals surface area contributed by atoms with Gasteiger partial charge in [-0.3, -0.25) is 4.79 Å². The summed E-state index contributed by atoms with van der Waals surface area (Å²) in [6, 6.07) is 0. The quantitative estimate of drug-likeness (QED) is 0.272. The number of hydrogen-bond acceptors (Lipinski definition) is 4. The summed E-state index contributed by atoms with van der Waals surface area (Å²) in [4.78, 5) is 11.3. The van der Waals surface area contributed by atoms with E-state index < -0.39 is 6.10 Å². The number of carbonyl (C=O) groups excluding carboxylic acids is 1. The highest BCUT2D eigenvalue weighted by Crippen LogP contribution is 2.09. The lowest BCUT2D eigenvalue weighted by Gasteiger charge is -2.08. The van der Waals surface area contributed by atoms with Gasteiger partial charge in [-0.2, -0.15) is 0 Å². The lowest BCUT2D eigenvalue weighted by atomic mass is 10.1. The molecule has 0 amide bonds. The van der Waals surface area contributed by atoms with Crippen LogP contribution in [0, 0.1) is 0 Å². The standard InChI is InChI=1S/C19H34O4/c1-2-3-4-5-6-7-8-9-10-11-12-13-14-15-19(22)23-17-18(21)16-20/h3-4,6-7,18,20-21H,2,5,8-17H2,1H3. The lowest BCUT2D eigenvalue weighted by Crippen LogP contribution is -2.21. The molecule has 0 rings (SSSR count). The topological polar surface area (TPSA) is 66.8 Å². The molecule has 0 saturated heterocycles. The largest absolute Gasteiger partial charge is 0.463 e. The first kappa shape index (κ1) is 21.9. The smallest absolute Gasteiger partial charge is 0.305 e. The van der Waals surface area contributed by atoms with E-state index in [1.54, 1.807) is 0 Å². The van der Waals surface area contributed by atoms with E-state index in [0.717, 1.165) is 38.5 Å². The van der Waals surface area contributed by atoms with E-state index in [-0.39, 0.29) is 19.2 Å². The molecule has 1 unspecified atom stereocenters. The number of hydrogen-bond donors (Lipinski definition) is 2. The van der Waals surface area contributed by atoms with Crippen molar-refractivity contribution in [3.05, 3.63) is 24.3 Å². The molecule has 0 bridgehead atoms. The van der Waals surface area contributed by atoms with Crippen LogP contribution in [0.15, 0.2) is 24.3 Å². The fourth-order valence-electron chi connectivity index (χ4n) is 2.11. The zero-order valence-electron chi connectivity index (χ0n) is 14.6. The molecular formula is C19H34O4. The van der Waals surface area contributed by atoms with Crippen LogP contribution in [0.2, 0.25) is 0 Å². The molecule has 0 aliphatic rings. The Morgan fingerprint density at radius 2 is 1.65 bits per heavy atom. The molecule has 0 aromatic rings. The van der Waals surface area contributed by atoms with Crippen LogP contribution in [-0.2, 0) is 9.53 Å². The molecule has 0 aromatic heterocycles. The molecule has 0 heterocycles. The molecule has 0 saturated carbocycles. The second-order valence-electron chi connectivity index (χ2n) is 5.77. The maximum atomic E-state index is 11.3. The van der Waals surface area contributed by atoms with Crippen molar-refractivity contribution in [1.29, 1.82) is 0 Å². The number of esters is 1. The molecule has 134 valence electrons. The fourth-order valence-corrected chi connectivity index (χ4v) is 2.11. The normalized spacial score (nSPS) is 13.0. The van der Waals surface area contributed by atoms with Gasteiger partial charge in [0.2, 0.25) is 0 Å². The van der Waals surface area contributed by atoms with Gasteiger partial charge in [0, 0.05) is 6.42 Å². The molecule has 4 nitrogen and oxygen atoms in total. The van der Waals surface area contributed by atoms with E-state index in [0.29, 0.717) is 6.42 Å². The second kappa shape index (κ2) is 17.2. The van der Waals surface area contributed by atoms with Crippen LogP contribution in [0.4, 0.5) is 0 Å². The molecule has 2 N–H and O–H groups in total. The minimum atomic E-state index is -0.962. The number of ether oxygens (including phenoxy) is 1. The van der Waals surface area contributed by atoms with Crippen molar-refractivity contribution in [2.45, 2.75) is 77.2 Å². The summed E-state index contributed by atoms with van der Waals surface area (Å²) in [5.74, 6) is -0.292. The third-order valence-corrected chi connectivity index (χ3v) is 3.49. The van der Waals surface area contributed by atoms with Crippen LogP contribution in [0.1, 0.15) is 71.1 Å². The minimum Gasteiger partial charge on any atom is -0.463 e. The van der Waals surface area contributed by atoms with E-state index in [1.165, 1.54) is 19.3 Å². The predicted octanol–water partition coefficient (Wildman–Crippen LogP) is 3.92. The Hall–Kier alpha value is -1.13. The van der Waals surface area contributed by atoms with Crippen molar-refractivity contribution in [3.63, 3.8) is 0 Å². The average Bonchev–Trinajstić information content (AvgIpc) is 2.56. The Bertz CT molecular complexity index is 323. The molecule has 1 atom stereocenters. The highest BCUT2D eigenvalue weighted by molar-refractivity contribution is 5.69. The lowest BCUT2D eigenvalue weighted by molar-refractivity contribution is -0.147. The average molecular weight is 326 g/mol. The summed E-state index contributed by atoms with van der Waals surface area (Å²) in [7, 11) is 0. The Kier molecular flexibility index (Phi) is 16.4. The zero-order chi connectivity index (χ0) is 17.2. The predicted molar refractivity (Wildman–Crippen MR) is 94.2 cm³/mol. The molecule has 23 heavy (non-hydrogen) atoms. The van der Waals surface area contributed by atoms with Crippen molar-refractivity contribution in [2.24, 2.45) is 0 Å². The molecule has 0 aliphatic heterocycles. The Balaban J connectivity index is 3.27. The third kappa shape index (κ3) is 17.1. The fraction of sp³-hybridized carbons (Fsp3) is 0.737. The minimum absolute atomic E-state index is 0.114. The summed E-state index contributed by atoms with van der Waals surface area (Å²) in [5, 5.41) is 17.7. The Morgan fingerprint density at radius 3 is 2.35 bits per heavy atom. The molecule has 4 heteroatoms. The van der Waals surface area contributed by atoms with Gasteiger partial charge in [0.1, 0.15) is 12.7 Å².